The van der Waals surface area contributed by atoms with Crippen LogP contribution in [0.3, 0.4) is 0 Å². The molecule has 6 saturated carbocycles. The van der Waals surface area contributed by atoms with Gasteiger partial charge >= 0.3 is 30.9 Å². The van der Waals surface area contributed by atoms with E-state index < -0.39 is 88.5 Å². The molecule has 0 saturated heterocycles. The van der Waals surface area contributed by atoms with E-state index in [0.29, 0.717) is 5.92 Å². The summed E-state index contributed by atoms with van der Waals surface area (Å²) in [4.78, 5) is 48.3. The van der Waals surface area contributed by atoms with Crippen molar-refractivity contribution in [1.82, 2.24) is 40.9 Å². The van der Waals surface area contributed by atoms with Crippen LogP contribution in [-0.2, 0) is 30.9 Å². The number of ether oxygens (including phenoxy) is 1. The number of hydrogen-bond donors (Lipinski definition) is 3. The van der Waals surface area contributed by atoms with Gasteiger partial charge in [0.1, 0.15) is 11.3 Å². The molecule has 0 aromatic carbocycles. The maximum Gasteiger partial charge on any atom is 0.451 e. The van der Waals surface area contributed by atoms with E-state index in [2.05, 4.69) is 86.8 Å². The second-order valence-electron chi connectivity index (χ2n) is 24.4. The molecule has 30 heteroatoms. The lowest BCUT2D eigenvalue weighted by atomic mass is 9.73. The molecule has 6 aliphatic carbocycles. The van der Waals surface area contributed by atoms with Crippen LogP contribution in [0.5, 0.6) is 5.88 Å². The molecule has 0 radical (unpaired) electrons. The molecule has 0 atom stereocenters. The number of amides is 3. The molecular weight excluding hydrogens is 1350 g/mol. The first-order valence-electron chi connectivity index (χ1n) is 33.2. The van der Waals surface area contributed by atoms with Crippen LogP contribution in [0.2, 0.25) is 0 Å². The number of aryl methyl sites for hydroxylation is 1. The molecule has 0 unspecified atom stereocenters. The SMILES string of the molecule is CC.CC.CC1CC1.CCCSCC1CC(CC2CC2)C1.CCCSCC1CC(CC2CC2)C1.CCCSCC1CC(CNC(=O)c2cnc(C(F)(F)F)nc2C(F)(F)F)C1.CNC(=O)c1c(C)cc(C(F)(F)F)nc1OC.CNC(=O)c1cnc(C(F)(F)F)nc1C(F)(F)F. The summed E-state index contributed by atoms with van der Waals surface area (Å²) in [6.07, 6.45) is -0.653. The Balaban J connectivity index is 0.000000405. The molecule has 0 bridgehead atoms. The van der Waals surface area contributed by atoms with Gasteiger partial charge in [0.05, 0.1) is 18.2 Å². The molecule has 6 aliphatic rings. The number of hydrogen-bond acceptors (Lipinski definition) is 12. The third kappa shape index (κ3) is 32.7. The van der Waals surface area contributed by atoms with E-state index in [4.69, 9.17) is 4.74 Å². The first-order chi connectivity index (χ1) is 45.1. The third-order valence-electron chi connectivity index (χ3n) is 15.7. The van der Waals surface area contributed by atoms with E-state index in [1.54, 1.807) is 64.2 Å². The van der Waals surface area contributed by atoms with Gasteiger partial charge in [-0.3, -0.25) is 14.4 Å². The van der Waals surface area contributed by atoms with Gasteiger partial charge < -0.3 is 20.7 Å². The predicted octanol–water partition coefficient (Wildman–Crippen LogP) is 19.4. The highest BCUT2D eigenvalue weighted by atomic mass is 32.2. The second-order valence-corrected chi connectivity index (χ2v) is 27.8. The molecule has 3 N–H and O–H groups in total. The van der Waals surface area contributed by atoms with E-state index in [9.17, 15) is 80.2 Å². The third-order valence-corrected chi connectivity index (χ3v) is 19.9. The summed E-state index contributed by atoms with van der Waals surface area (Å²) in [5, 5.41) is 6.52. The lowest BCUT2D eigenvalue weighted by Crippen LogP contribution is -2.37. The van der Waals surface area contributed by atoms with Crippen LogP contribution in [0.25, 0.3) is 0 Å². The normalized spacial score (nSPS) is 20.2. The summed E-state index contributed by atoms with van der Waals surface area (Å²) in [5.74, 6) is 9.21. The maximum atomic E-state index is 13.0. The lowest BCUT2D eigenvalue weighted by Gasteiger charge is -2.35. The van der Waals surface area contributed by atoms with Gasteiger partial charge in [0, 0.05) is 33.0 Å². The fraction of sp³-hybridized carbons (Fsp3) is 0.758. The van der Waals surface area contributed by atoms with Gasteiger partial charge in [-0.15, -0.1) is 0 Å². The van der Waals surface area contributed by atoms with Crippen molar-refractivity contribution in [2.45, 2.75) is 202 Å². The van der Waals surface area contributed by atoms with Crippen LogP contribution < -0.4 is 20.7 Å². The Labute approximate surface area is 569 Å². The zero-order valence-corrected chi connectivity index (χ0v) is 59.6. The van der Waals surface area contributed by atoms with Gasteiger partial charge in [0.25, 0.3) is 17.7 Å². The Hall–Kier alpha value is -4.48. The predicted molar refractivity (Wildman–Crippen MR) is 351 cm³/mol. The number of nitrogens with zero attached hydrogens (tertiary/aromatic N) is 5. The molecule has 3 aromatic heterocycles. The molecule has 96 heavy (non-hydrogen) atoms. The molecule has 9 rings (SSSR count). The summed E-state index contributed by atoms with van der Waals surface area (Å²) in [7, 11) is 3.56. The molecular formula is C66H99F15N8O4S3. The Kier molecular flexibility index (Phi) is 38.9. The molecule has 6 fully saturated rings. The van der Waals surface area contributed by atoms with Crippen LogP contribution >= 0.6 is 35.3 Å². The highest BCUT2D eigenvalue weighted by molar-refractivity contribution is 7.99. The first kappa shape index (κ1) is 87.6. The van der Waals surface area contributed by atoms with Gasteiger partial charge in [0.15, 0.2) is 11.4 Å². The van der Waals surface area contributed by atoms with Gasteiger partial charge in [-0.05, 0) is 177 Å². The number of methoxy groups -OCH3 is 1. The Morgan fingerprint density at radius 3 is 1.15 bits per heavy atom. The summed E-state index contributed by atoms with van der Waals surface area (Å²) in [6.45, 7) is 18.5. The van der Waals surface area contributed by atoms with E-state index in [-0.39, 0.29) is 41.9 Å². The van der Waals surface area contributed by atoms with Crippen molar-refractivity contribution < 1.29 is 85.0 Å². The average Bonchev–Trinajstić information content (AvgIpc) is 1.81. The van der Waals surface area contributed by atoms with Crippen molar-refractivity contribution in [2.24, 2.45) is 53.3 Å². The smallest absolute Gasteiger partial charge is 0.451 e. The number of halogens is 15. The highest BCUT2D eigenvalue weighted by Crippen LogP contribution is 2.47. The van der Waals surface area contributed by atoms with Crippen molar-refractivity contribution >= 4 is 53.0 Å². The van der Waals surface area contributed by atoms with Gasteiger partial charge in [-0.2, -0.15) is 101 Å². The van der Waals surface area contributed by atoms with Crippen molar-refractivity contribution in [3.05, 3.63) is 69.4 Å². The van der Waals surface area contributed by atoms with Crippen molar-refractivity contribution in [1.29, 1.82) is 0 Å². The van der Waals surface area contributed by atoms with Crippen LogP contribution in [0.4, 0.5) is 65.9 Å². The molecule has 550 valence electrons. The topological polar surface area (TPSA) is 161 Å². The zero-order valence-electron chi connectivity index (χ0n) is 57.2. The van der Waals surface area contributed by atoms with Gasteiger partial charge in [0.2, 0.25) is 17.5 Å². The standard InChI is InChI=1S/C16H19F6N3OS.2C12H22S.C10H11F3N2O2.C8H5F6N3O.C4H8.2C2H6/c1-2-3-27-8-10-4-9(5-10)6-23-13(26)11-7-24-14(16(20,21)22)25-12(11)15(17,18)19;2*1-2-5-13-9-12-7-11(8-12)6-10-3-4-10;1-5-4-6(10(11,12)13)15-9(17-3)7(5)8(16)14-2;1-15-5(18)3-2-16-6(8(12,13)14)17-4(3)7(9,10)11;1-4-2-3-4;2*1-2/h7,9-10H,2-6,8H2,1H3,(H,23,26);2*10-12H,2-9H2,1H3;4H,1-3H3,(H,14,16);2H,1H3,(H,15,18);4H,2-3H2,1H3;2*1-2H3. The average molecular weight is 1450 g/mol. The summed E-state index contributed by atoms with van der Waals surface area (Å²) < 4.78 is 193. The summed E-state index contributed by atoms with van der Waals surface area (Å²) in [5.41, 5.74) is -6.82. The summed E-state index contributed by atoms with van der Waals surface area (Å²) >= 11 is 6.20. The molecule has 3 amide bonds. The van der Waals surface area contributed by atoms with Crippen molar-refractivity contribution in [2.75, 3.05) is 62.3 Å². The van der Waals surface area contributed by atoms with Crippen LogP contribution in [0.1, 0.15) is 230 Å². The Bertz CT molecular complexity index is 2710. The Morgan fingerprint density at radius 2 is 0.854 bits per heavy atom. The molecule has 3 heterocycles. The molecule has 12 nitrogen and oxygen atoms in total. The number of nitrogens with one attached hydrogen (secondary N) is 3. The van der Waals surface area contributed by atoms with Crippen molar-refractivity contribution in [3.8, 4) is 5.88 Å². The van der Waals surface area contributed by atoms with Crippen LogP contribution in [-0.4, -0.2) is 105 Å². The molecule has 0 aliphatic heterocycles. The zero-order chi connectivity index (χ0) is 72.8. The Morgan fingerprint density at radius 1 is 0.500 bits per heavy atom. The van der Waals surface area contributed by atoms with Crippen molar-refractivity contribution in [3.63, 3.8) is 0 Å². The largest absolute Gasteiger partial charge is 0.480 e. The maximum absolute atomic E-state index is 13.0. The second kappa shape index (κ2) is 42.6. The quantitative estimate of drug-likeness (QED) is 0.0646. The lowest BCUT2D eigenvalue weighted by molar-refractivity contribution is -0.154. The fourth-order valence-corrected chi connectivity index (χ4v) is 13.4. The minimum Gasteiger partial charge on any atom is -0.480 e. The van der Waals surface area contributed by atoms with Crippen LogP contribution in [0.15, 0.2) is 18.5 Å². The number of aromatic nitrogens is 5. The monoisotopic (exact) mass is 1450 g/mol. The number of rotatable bonds is 22. The highest BCUT2D eigenvalue weighted by Gasteiger charge is 2.45. The van der Waals surface area contributed by atoms with E-state index >= 15 is 0 Å². The van der Waals surface area contributed by atoms with E-state index in [1.165, 1.54) is 62.7 Å². The minimum absolute atomic E-state index is 0.00278. The number of alkyl halides is 15. The van der Waals surface area contributed by atoms with E-state index in [0.717, 1.165) is 92.4 Å². The van der Waals surface area contributed by atoms with E-state index in [1.807, 2.05) is 44.8 Å². The number of carbonyl (C=O) groups excluding carboxylic acids is 3. The summed E-state index contributed by atoms with van der Waals surface area (Å²) in [6, 6.07) is 0.813. The minimum atomic E-state index is -5.20. The first-order valence-corrected chi connectivity index (χ1v) is 36.6. The number of pyridine rings is 1. The number of thioether (sulfide) groups is 3. The molecule has 0 spiro atoms. The van der Waals surface area contributed by atoms with Crippen LogP contribution in [0, 0.1) is 60.2 Å². The molecule has 3 aromatic rings. The number of carbonyl (C=O) groups is 3. The van der Waals surface area contributed by atoms with Gasteiger partial charge in [-0.1, -0.05) is 93.9 Å². The fourth-order valence-electron chi connectivity index (χ4n) is 10.2. The van der Waals surface area contributed by atoms with Gasteiger partial charge in [-0.25, -0.2) is 24.9 Å².